The fourth-order valence-electron chi connectivity index (χ4n) is 9.03. The van der Waals surface area contributed by atoms with Crippen LogP contribution in [0, 0.1) is 0 Å². The summed E-state index contributed by atoms with van der Waals surface area (Å²) >= 11 is 1.87. The van der Waals surface area contributed by atoms with E-state index in [0.29, 0.717) is 0 Å². The first-order valence-electron chi connectivity index (χ1n) is 18.8. The Bertz CT molecular complexity index is 3150. The Morgan fingerprint density at radius 2 is 1.18 bits per heavy atom. The molecular weight excluding hydrogens is 687 g/mol. The van der Waals surface area contributed by atoms with Crippen LogP contribution in [0.4, 0.5) is 34.1 Å². The third-order valence-corrected chi connectivity index (χ3v) is 12.5. The van der Waals surface area contributed by atoms with Crippen LogP contribution in [0.1, 0.15) is 0 Å². The monoisotopic (exact) mass is 718 g/mol. The summed E-state index contributed by atoms with van der Waals surface area (Å²) in [5, 5.41) is 7.39. The topological polar surface area (TPSA) is 15.7 Å². The van der Waals surface area contributed by atoms with Crippen molar-refractivity contribution in [1.29, 1.82) is 0 Å². The first-order valence-corrected chi connectivity index (χ1v) is 19.6. The summed E-state index contributed by atoms with van der Waals surface area (Å²) in [7, 11) is 0. The van der Waals surface area contributed by atoms with Gasteiger partial charge in [-0.2, -0.15) is 0 Å². The summed E-state index contributed by atoms with van der Waals surface area (Å²) < 4.78 is 9.42. The Morgan fingerprint density at radius 3 is 2.09 bits per heavy atom. The minimum absolute atomic E-state index is 0.0698. The SMILES string of the molecule is c1ccc(N2c3ccccc3B3c4cc5sc6cc7cc(N(c8ccccc8)c8cccc9ccccc89)ccc7cc6c5cc4Oc4cccc2c43)cc1. The molecule has 0 aliphatic carbocycles. The zero-order valence-corrected chi connectivity index (χ0v) is 30.5. The van der Waals surface area contributed by atoms with Gasteiger partial charge < -0.3 is 14.5 Å². The molecule has 12 rings (SSSR count). The molecular formula is C50H31BN2OS. The standard InChI is InChI=1S/C50H31BN2OS/c1-3-15-35(16-4-1)52(43-22-11-14-32-13-7-8-19-38(32)43)37-26-25-33-28-39-40-30-47-42(31-49(40)55-48(39)29-34(33)27-37)51-41-20-9-10-21-44(41)53(36-17-5-2-6-18-36)45-23-12-24-46(54-47)50(45)51/h1-31H. The van der Waals surface area contributed by atoms with E-state index in [0.717, 1.165) is 34.2 Å². The van der Waals surface area contributed by atoms with Gasteiger partial charge in [0.25, 0.3) is 6.71 Å². The molecule has 10 aromatic rings. The second-order valence-corrected chi connectivity index (χ2v) is 15.6. The Balaban J connectivity index is 1.02. The first-order chi connectivity index (χ1) is 27.3. The van der Waals surface area contributed by atoms with Crippen molar-refractivity contribution in [2.75, 3.05) is 9.80 Å². The molecule has 0 amide bonds. The van der Waals surface area contributed by atoms with E-state index in [1.807, 2.05) is 11.3 Å². The predicted molar refractivity (Wildman–Crippen MR) is 235 cm³/mol. The molecule has 3 nitrogen and oxygen atoms in total. The van der Waals surface area contributed by atoms with Crippen molar-refractivity contribution >= 4 is 110 Å². The molecule has 5 heteroatoms. The number of ether oxygens (including phenoxy) is 1. The Labute approximate surface area is 323 Å². The van der Waals surface area contributed by atoms with Crippen LogP contribution in [0.15, 0.2) is 188 Å². The lowest BCUT2D eigenvalue weighted by Crippen LogP contribution is -2.59. The zero-order valence-electron chi connectivity index (χ0n) is 29.7. The summed E-state index contributed by atoms with van der Waals surface area (Å²) in [4.78, 5) is 4.77. The van der Waals surface area contributed by atoms with Crippen LogP contribution in [0.25, 0.3) is 41.7 Å². The second-order valence-electron chi connectivity index (χ2n) is 14.5. The Kier molecular flexibility index (Phi) is 6.60. The molecule has 0 saturated heterocycles. The van der Waals surface area contributed by atoms with E-state index < -0.39 is 0 Å². The van der Waals surface area contributed by atoms with Gasteiger partial charge in [0.1, 0.15) is 11.5 Å². The smallest absolute Gasteiger partial charge is 0.256 e. The number of anilines is 6. The second kappa shape index (κ2) is 11.8. The van der Waals surface area contributed by atoms with Crippen LogP contribution in [-0.2, 0) is 0 Å². The van der Waals surface area contributed by atoms with E-state index in [2.05, 4.69) is 198 Å². The molecule has 2 aliphatic rings. The highest BCUT2D eigenvalue weighted by Gasteiger charge is 2.41. The van der Waals surface area contributed by atoms with Gasteiger partial charge in [-0.15, -0.1) is 11.3 Å². The molecule has 1 aromatic heterocycles. The number of hydrogen-bond acceptors (Lipinski definition) is 4. The fraction of sp³-hybridized carbons (Fsp3) is 0. The minimum atomic E-state index is 0.0698. The van der Waals surface area contributed by atoms with Crippen LogP contribution in [0.5, 0.6) is 11.5 Å². The highest BCUT2D eigenvalue weighted by atomic mass is 32.1. The van der Waals surface area contributed by atoms with Crippen LogP contribution >= 0.6 is 11.3 Å². The molecule has 0 saturated carbocycles. The number of hydrogen-bond donors (Lipinski definition) is 0. The summed E-state index contributed by atoms with van der Waals surface area (Å²) in [6.07, 6.45) is 0. The van der Waals surface area contributed by atoms with Gasteiger partial charge >= 0.3 is 0 Å². The third-order valence-electron chi connectivity index (χ3n) is 11.4. The van der Waals surface area contributed by atoms with Crippen molar-refractivity contribution in [3.8, 4) is 11.5 Å². The molecule has 256 valence electrons. The van der Waals surface area contributed by atoms with Gasteiger partial charge in [0, 0.05) is 54.0 Å². The van der Waals surface area contributed by atoms with Crippen LogP contribution in [-0.4, -0.2) is 6.71 Å². The number of para-hydroxylation sites is 3. The summed E-state index contributed by atoms with van der Waals surface area (Å²) in [5.74, 6) is 1.87. The number of thiophene rings is 1. The average Bonchev–Trinajstić information content (AvgIpc) is 3.58. The maximum atomic E-state index is 6.87. The molecule has 0 N–H and O–H groups in total. The van der Waals surface area contributed by atoms with Crippen molar-refractivity contribution < 1.29 is 4.74 Å². The van der Waals surface area contributed by atoms with Crippen molar-refractivity contribution in [1.82, 2.24) is 0 Å². The molecule has 0 atom stereocenters. The molecule has 0 bridgehead atoms. The van der Waals surface area contributed by atoms with Crippen molar-refractivity contribution in [2.45, 2.75) is 0 Å². The summed E-state index contributed by atoms with van der Waals surface area (Å²) in [5.41, 5.74) is 10.7. The van der Waals surface area contributed by atoms with Gasteiger partial charge in [0.15, 0.2) is 0 Å². The Hall–Kier alpha value is -6.82. The third kappa shape index (κ3) is 4.63. The van der Waals surface area contributed by atoms with E-state index in [4.69, 9.17) is 4.74 Å². The van der Waals surface area contributed by atoms with Gasteiger partial charge in [-0.25, -0.2) is 0 Å². The highest BCUT2D eigenvalue weighted by Crippen LogP contribution is 2.45. The van der Waals surface area contributed by atoms with Gasteiger partial charge in [0.05, 0.1) is 5.69 Å². The lowest BCUT2D eigenvalue weighted by Gasteiger charge is -2.39. The zero-order chi connectivity index (χ0) is 36.0. The van der Waals surface area contributed by atoms with Crippen molar-refractivity contribution in [2.24, 2.45) is 0 Å². The largest absolute Gasteiger partial charge is 0.458 e. The van der Waals surface area contributed by atoms with Crippen LogP contribution in [0.3, 0.4) is 0 Å². The maximum absolute atomic E-state index is 6.87. The molecule has 9 aromatic carbocycles. The molecule has 0 fully saturated rings. The first kappa shape index (κ1) is 30.6. The molecule has 2 aliphatic heterocycles. The van der Waals surface area contributed by atoms with E-state index >= 15 is 0 Å². The van der Waals surface area contributed by atoms with Gasteiger partial charge in [-0.05, 0) is 117 Å². The Morgan fingerprint density at radius 1 is 0.455 bits per heavy atom. The number of nitrogens with zero attached hydrogens (tertiary/aromatic N) is 2. The van der Waals surface area contributed by atoms with E-state index in [-0.39, 0.29) is 6.71 Å². The number of fused-ring (bicyclic) bond motifs is 9. The quantitative estimate of drug-likeness (QED) is 0.169. The lowest BCUT2D eigenvalue weighted by molar-refractivity contribution is 0.488. The predicted octanol–water partition coefficient (Wildman–Crippen LogP) is 12.2. The number of rotatable bonds is 4. The highest BCUT2D eigenvalue weighted by molar-refractivity contribution is 7.26. The van der Waals surface area contributed by atoms with Gasteiger partial charge in [-0.3, -0.25) is 0 Å². The maximum Gasteiger partial charge on any atom is 0.256 e. The summed E-state index contributed by atoms with van der Waals surface area (Å²) in [6.45, 7) is 0.0698. The lowest BCUT2D eigenvalue weighted by atomic mass is 9.34. The van der Waals surface area contributed by atoms with Crippen molar-refractivity contribution in [3.63, 3.8) is 0 Å². The summed E-state index contributed by atoms with van der Waals surface area (Å²) in [6, 6.07) is 68.2. The molecule has 0 radical (unpaired) electrons. The molecule has 3 heterocycles. The van der Waals surface area contributed by atoms with E-state index in [9.17, 15) is 0 Å². The number of benzene rings is 9. The molecule has 0 unspecified atom stereocenters. The van der Waals surface area contributed by atoms with E-state index in [1.165, 1.54) is 69.5 Å². The van der Waals surface area contributed by atoms with Crippen LogP contribution in [0.2, 0.25) is 0 Å². The molecule has 55 heavy (non-hydrogen) atoms. The fourth-order valence-corrected chi connectivity index (χ4v) is 10.2. The van der Waals surface area contributed by atoms with Gasteiger partial charge in [0.2, 0.25) is 0 Å². The van der Waals surface area contributed by atoms with Gasteiger partial charge in [-0.1, -0.05) is 103 Å². The molecule has 0 spiro atoms. The normalized spacial score (nSPS) is 12.8. The van der Waals surface area contributed by atoms with E-state index in [1.54, 1.807) is 0 Å². The van der Waals surface area contributed by atoms with Crippen molar-refractivity contribution in [3.05, 3.63) is 188 Å². The van der Waals surface area contributed by atoms with Crippen LogP contribution < -0.4 is 30.9 Å². The minimum Gasteiger partial charge on any atom is -0.458 e. The average molecular weight is 719 g/mol.